The first-order valence-corrected chi connectivity index (χ1v) is 9.49. The van der Waals surface area contributed by atoms with E-state index in [-0.39, 0.29) is 5.91 Å². The quantitative estimate of drug-likeness (QED) is 0.684. The van der Waals surface area contributed by atoms with Crippen LogP contribution in [0.1, 0.15) is 0 Å². The Balaban J connectivity index is 1.44. The number of carbonyl (C=O) groups is 1. The summed E-state index contributed by atoms with van der Waals surface area (Å²) in [4.78, 5) is 17.1. The number of rotatable bonds is 5. The van der Waals surface area contributed by atoms with E-state index in [1.54, 1.807) is 14.2 Å². The maximum atomic E-state index is 12.9. The SMILES string of the molecule is COc1ccccc1N1CCN(C(=O)Cn2ccc3cccc(OC)c32)CC1. The van der Waals surface area contributed by atoms with Crippen LogP contribution in [0.5, 0.6) is 11.5 Å². The zero-order chi connectivity index (χ0) is 19.5. The molecule has 28 heavy (non-hydrogen) atoms. The van der Waals surface area contributed by atoms with Gasteiger partial charge in [-0.25, -0.2) is 0 Å². The molecule has 0 radical (unpaired) electrons. The minimum absolute atomic E-state index is 0.128. The maximum absolute atomic E-state index is 12.9. The number of hydrogen-bond donors (Lipinski definition) is 0. The van der Waals surface area contributed by atoms with Crippen LogP contribution in [0.2, 0.25) is 0 Å². The summed E-state index contributed by atoms with van der Waals surface area (Å²) in [5, 5.41) is 1.08. The number of amides is 1. The van der Waals surface area contributed by atoms with E-state index in [0.29, 0.717) is 19.6 Å². The molecule has 1 amide bonds. The molecule has 1 saturated heterocycles. The summed E-state index contributed by atoms with van der Waals surface area (Å²) in [6, 6.07) is 16.0. The highest BCUT2D eigenvalue weighted by Gasteiger charge is 2.23. The number of fused-ring (bicyclic) bond motifs is 1. The van der Waals surface area contributed by atoms with E-state index in [1.807, 2.05) is 58.1 Å². The van der Waals surface area contributed by atoms with Gasteiger partial charge < -0.3 is 23.8 Å². The maximum Gasteiger partial charge on any atom is 0.242 e. The fourth-order valence-corrected chi connectivity index (χ4v) is 3.86. The lowest BCUT2D eigenvalue weighted by molar-refractivity contribution is -0.132. The molecular formula is C22H25N3O3. The molecule has 6 heteroatoms. The molecule has 6 nitrogen and oxygen atoms in total. The standard InChI is InChI=1S/C22H25N3O3/c1-27-19-8-4-3-7-18(19)23-12-14-24(15-13-23)21(26)16-25-11-10-17-6-5-9-20(28-2)22(17)25/h3-11H,12-16H2,1-2H3. The fraction of sp³-hybridized carbons (Fsp3) is 0.318. The minimum Gasteiger partial charge on any atom is -0.495 e. The van der Waals surface area contributed by atoms with Crippen LogP contribution in [-0.2, 0) is 11.3 Å². The van der Waals surface area contributed by atoms with Gasteiger partial charge in [-0.2, -0.15) is 0 Å². The highest BCUT2D eigenvalue weighted by atomic mass is 16.5. The minimum atomic E-state index is 0.128. The van der Waals surface area contributed by atoms with Gasteiger partial charge >= 0.3 is 0 Å². The Bertz CT molecular complexity index is 974. The van der Waals surface area contributed by atoms with Crippen LogP contribution < -0.4 is 14.4 Å². The van der Waals surface area contributed by atoms with Gasteiger partial charge in [0, 0.05) is 37.8 Å². The predicted octanol–water partition coefficient (Wildman–Crippen LogP) is 3.01. The van der Waals surface area contributed by atoms with E-state index in [0.717, 1.165) is 41.2 Å². The second-order valence-corrected chi connectivity index (χ2v) is 6.88. The van der Waals surface area contributed by atoms with E-state index in [9.17, 15) is 4.79 Å². The molecule has 0 unspecified atom stereocenters. The summed E-state index contributed by atoms with van der Waals surface area (Å²) in [6.45, 7) is 3.31. The number of carbonyl (C=O) groups excluding carboxylic acids is 1. The Kier molecular flexibility index (Phi) is 5.10. The molecule has 146 valence electrons. The molecule has 0 atom stereocenters. The molecule has 0 spiro atoms. The van der Waals surface area contributed by atoms with Crippen LogP contribution in [0.25, 0.3) is 10.9 Å². The van der Waals surface area contributed by atoms with Crippen molar-refractivity contribution in [1.82, 2.24) is 9.47 Å². The summed E-state index contributed by atoms with van der Waals surface area (Å²) in [6.07, 6.45) is 1.95. The summed E-state index contributed by atoms with van der Waals surface area (Å²) in [5.74, 6) is 1.78. The van der Waals surface area contributed by atoms with Crippen LogP contribution in [0.3, 0.4) is 0 Å². The first kappa shape index (κ1) is 18.2. The number of piperazine rings is 1. The molecule has 2 heterocycles. The highest BCUT2D eigenvalue weighted by molar-refractivity contribution is 5.88. The molecule has 4 rings (SSSR count). The van der Waals surface area contributed by atoms with Crippen molar-refractivity contribution in [3.05, 3.63) is 54.7 Å². The van der Waals surface area contributed by atoms with Crippen molar-refractivity contribution >= 4 is 22.5 Å². The van der Waals surface area contributed by atoms with E-state index >= 15 is 0 Å². The van der Waals surface area contributed by atoms with E-state index in [2.05, 4.69) is 11.0 Å². The summed E-state index contributed by atoms with van der Waals surface area (Å²) >= 11 is 0. The number of hydrogen-bond acceptors (Lipinski definition) is 4. The van der Waals surface area contributed by atoms with Gasteiger partial charge in [-0.3, -0.25) is 4.79 Å². The summed E-state index contributed by atoms with van der Waals surface area (Å²) in [5.41, 5.74) is 2.05. The molecule has 1 aliphatic heterocycles. The molecule has 2 aromatic carbocycles. The van der Waals surface area contributed by atoms with Gasteiger partial charge in [0.2, 0.25) is 5.91 Å². The molecule has 0 N–H and O–H groups in total. The van der Waals surface area contributed by atoms with Gasteiger partial charge in [0.25, 0.3) is 0 Å². The van der Waals surface area contributed by atoms with Crippen molar-refractivity contribution in [2.75, 3.05) is 45.3 Å². The lowest BCUT2D eigenvalue weighted by Crippen LogP contribution is -2.49. The normalized spacial score (nSPS) is 14.4. The third-order valence-electron chi connectivity index (χ3n) is 5.34. The molecule has 1 aliphatic rings. The van der Waals surface area contributed by atoms with Crippen molar-refractivity contribution in [3.63, 3.8) is 0 Å². The molecule has 1 fully saturated rings. The largest absolute Gasteiger partial charge is 0.495 e. The fourth-order valence-electron chi connectivity index (χ4n) is 3.86. The van der Waals surface area contributed by atoms with Crippen molar-refractivity contribution in [3.8, 4) is 11.5 Å². The second kappa shape index (κ2) is 7.84. The first-order valence-electron chi connectivity index (χ1n) is 9.49. The van der Waals surface area contributed by atoms with Crippen LogP contribution in [0.15, 0.2) is 54.7 Å². The number of aromatic nitrogens is 1. The number of ether oxygens (including phenoxy) is 2. The van der Waals surface area contributed by atoms with E-state index in [1.165, 1.54) is 0 Å². The van der Waals surface area contributed by atoms with Gasteiger partial charge in [-0.15, -0.1) is 0 Å². The molecular weight excluding hydrogens is 354 g/mol. The second-order valence-electron chi connectivity index (χ2n) is 6.88. The number of benzene rings is 2. The summed E-state index contributed by atoms with van der Waals surface area (Å²) in [7, 11) is 3.35. The topological polar surface area (TPSA) is 46.9 Å². The number of anilines is 1. The Labute approximate surface area is 164 Å². The van der Waals surface area contributed by atoms with Gasteiger partial charge in [0.05, 0.1) is 25.4 Å². The number of methoxy groups -OCH3 is 2. The lowest BCUT2D eigenvalue weighted by Gasteiger charge is -2.36. The smallest absolute Gasteiger partial charge is 0.242 e. The van der Waals surface area contributed by atoms with Crippen LogP contribution in [0, 0.1) is 0 Å². The van der Waals surface area contributed by atoms with Crippen molar-refractivity contribution in [1.29, 1.82) is 0 Å². The van der Waals surface area contributed by atoms with Crippen LogP contribution in [0.4, 0.5) is 5.69 Å². The molecule has 1 aromatic heterocycles. The van der Waals surface area contributed by atoms with Gasteiger partial charge in [-0.1, -0.05) is 24.3 Å². The average molecular weight is 379 g/mol. The molecule has 0 aliphatic carbocycles. The zero-order valence-corrected chi connectivity index (χ0v) is 16.3. The Morgan fingerprint density at radius 2 is 1.61 bits per heavy atom. The van der Waals surface area contributed by atoms with E-state index in [4.69, 9.17) is 9.47 Å². The summed E-state index contributed by atoms with van der Waals surface area (Å²) < 4.78 is 12.9. The lowest BCUT2D eigenvalue weighted by atomic mass is 10.2. The number of para-hydroxylation sites is 3. The Morgan fingerprint density at radius 3 is 2.36 bits per heavy atom. The number of nitrogens with zero attached hydrogens (tertiary/aromatic N) is 3. The predicted molar refractivity (Wildman–Crippen MR) is 110 cm³/mol. The monoisotopic (exact) mass is 379 g/mol. The van der Waals surface area contributed by atoms with Gasteiger partial charge in [0.1, 0.15) is 18.0 Å². The first-order chi connectivity index (χ1) is 13.7. The van der Waals surface area contributed by atoms with Crippen LogP contribution in [-0.4, -0.2) is 55.8 Å². The highest BCUT2D eigenvalue weighted by Crippen LogP contribution is 2.29. The zero-order valence-electron chi connectivity index (χ0n) is 16.3. The third-order valence-corrected chi connectivity index (χ3v) is 5.34. The third kappa shape index (κ3) is 3.38. The van der Waals surface area contributed by atoms with Crippen LogP contribution >= 0.6 is 0 Å². The van der Waals surface area contributed by atoms with Gasteiger partial charge in [0.15, 0.2) is 0 Å². The van der Waals surface area contributed by atoms with Gasteiger partial charge in [-0.05, 0) is 24.3 Å². The molecule has 0 bridgehead atoms. The average Bonchev–Trinajstić information content (AvgIpc) is 3.16. The van der Waals surface area contributed by atoms with E-state index < -0.39 is 0 Å². The van der Waals surface area contributed by atoms with Crippen molar-refractivity contribution < 1.29 is 14.3 Å². The molecule has 3 aromatic rings. The Hall–Kier alpha value is -3.15. The van der Waals surface area contributed by atoms with Crippen molar-refractivity contribution in [2.24, 2.45) is 0 Å². The Morgan fingerprint density at radius 1 is 0.893 bits per heavy atom. The molecule has 0 saturated carbocycles. The van der Waals surface area contributed by atoms with Crippen molar-refractivity contribution in [2.45, 2.75) is 6.54 Å².